The van der Waals surface area contributed by atoms with Crippen LogP contribution in [0.4, 0.5) is 0 Å². The Labute approximate surface area is 118 Å². The van der Waals surface area contributed by atoms with Crippen molar-refractivity contribution in [1.29, 1.82) is 0 Å². The molecule has 3 nitrogen and oxygen atoms in total. The molecule has 2 aromatic carbocycles. The van der Waals surface area contributed by atoms with Gasteiger partial charge in [0.1, 0.15) is 5.52 Å². The smallest absolute Gasteiger partial charge is 0.116 e. The molecule has 0 fully saturated rings. The molecule has 0 bridgehead atoms. The number of fused-ring (bicyclic) bond motifs is 1. The van der Waals surface area contributed by atoms with E-state index in [0.29, 0.717) is 5.92 Å². The van der Waals surface area contributed by atoms with Gasteiger partial charge in [0.25, 0.3) is 0 Å². The van der Waals surface area contributed by atoms with Gasteiger partial charge in [-0.05, 0) is 23.6 Å². The molecule has 0 aliphatic carbocycles. The Bertz CT molecular complexity index is 649. The average molecular weight is 274 g/mol. The molecule has 0 saturated heterocycles. The number of aromatic nitrogens is 3. The highest BCUT2D eigenvalue weighted by atomic mass is 35.5. The van der Waals surface area contributed by atoms with Gasteiger partial charge in [0.05, 0.1) is 5.52 Å². The number of hydrogen-bond donors (Lipinski definition) is 1. The van der Waals surface area contributed by atoms with Crippen molar-refractivity contribution in [2.24, 2.45) is 0 Å². The molecule has 3 rings (SSSR count). The number of hydrogen-bond acceptors (Lipinski definition) is 2. The molecule has 1 N–H and O–H groups in total. The third-order valence-corrected chi connectivity index (χ3v) is 3.37. The van der Waals surface area contributed by atoms with Crippen molar-refractivity contribution in [3.63, 3.8) is 0 Å². The van der Waals surface area contributed by atoms with Gasteiger partial charge in [-0.3, -0.25) is 5.10 Å². The average Bonchev–Trinajstić information content (AvgIpc) is 2.90. The second kappa shape index (κ2) is 5.85. The van der Waals surface area contributed by atoms with E-state index < -0.39 is 0 Å². The van der Waals surface area contributed by atoms with E-state index in [2.05, 4.69) is 58.7 Å². The van der Waals surface area contributed by atoms with Crippen molar-refractivity contribution in [3.05, 3.63) is 59.7 Å². The van der Waals surface area contributed by atoms with Crippen LogP contribution in [0.2, 0.25) is 0 Å². The van der Waals surface area contributed by atoms with Crippen LogP contribution >= 0.6 is 12.4 Å². The van der Waals surface area contributed by atoms with Crippen LogP contribution in [-0.4, -0.2) is 15.4 Å². The maximum Gasteiger partial charge on any atom is 0.116 e. The van der Waals surface area contributed by atoms with E-state index in [1.54, 1.807) is 0 Å². The van der Waals surface area contributed by atoms with E-state index in [1.165, 1.54) is 11.1 Å². The third kappa shape index (κ3) is 2.47. The zero-order chi connectivity index (χ0) is 12.4. The maximum absolute atomic E-state index is 4.21. The minimum atomic E-state index is 0. The minimum absolute atomic E-state index is 0. The normalized spacial score (nSPS) is 12.1. The summed E-state index contributed by atoms with van der Waals surface area (Å²) in [6, 6.07) is 16.8. The molecule has 0 radical (unpaired) electrons. The molecule has 3 aromatic rings. The number of halogens is 1. The van der Waals surface area contributed by atoms with Gasteiger partial charge in [0.15, 0.2) is 0 Å². The van der Waals surface area contributed by atoms with Gasteiger partial charge >= 0.3 is 0 Å². The Morgan fingerprint density at radius 2 is 1.84 bits per heavy atom. The Kier molecular flexibility index (Phi) is 4.17. The van der Waals surface area contributed by atoms with Gasteiger partial charge in [-0.25, -0.2) is 0 Å². The molecule has 1 aromatic heterocycles. The number of nitrogens with zero attached hydrogens (tertiary/aromatic N) is 2. The zero-order valence-corrected chi connectivity index (χ0v) is 11.5. The lowest BCUT2D eigenvalue weighted by atomic mass is 9.88. The summed E-state index contributed by atoms with van der Waals surface area (Å²) < 4.78 is 0. The summed E-state index contributed by atoms with van der Waals surface area (Å²) in [6.07, 6.45) is 1.05. The Morgan fingerprint density at radius 3 is 2.58 bits per heavy atom. The van der Waals surface area contributed by atoms with Crippen molar-refractivity contribution in [3.8, 4) is 0 Å². The lowest BCUT2D eigenvalue weighted by Crippen LogP contribution is -2.00. The summed E-state index contributed by atoms with van der Waals surface area (Å²) in [5.74, 6) is 0.375. The molecule has 4 heteroatoms. The number of aromatic amines is 1. The fourth-order valence-corrected chi connectivity index (χ4v) is 2.49. The maximum atomic E-state index is 4.21. The fourth-order valence-electron chi connectivity index (χ4n) is 2.49. The van der Waals surface area contributed by atoms with E-state index in [1.807, 2.05) is 12.1 Å². The van der Waals surface area contributed by atoms with Crippen LogP contribution in [0.15, 0.2) is 48.5 Å². The monoisotopic (exact) mass is 273 g/mol. The van der Waals surface area contributed by atoms with Gasteiger partial charge in [0.2, 0.25) is 0 Å². The molecule has 19 heavy (non-hydrogen) atoms. The molecule has 0 amide bonds. The standard InChI is InChI=1S/C15H15N3.ClH/c1-2-12(11-7-4-3-5-8-11)13-9-6-10-14-15(13)17-18-16-14;/h3-10,12H,2H2,1H3,(H,16,17,18);1H. The Balaban J connectivity index is 0.00000133. The van der Waals surface area contributed by atoms with Crippen LogP contribution in [-0.2, 0) is 0 Å². The number of H-pyrrole nitrogens is 1. The highest BCUT2D eigenvalue weighted by Crippen LogP contribution is 2.31. The molecular weight excluding hydrogens is 258 g/mol. The van der Waals surface area contributed by atoms with Gasteiger partial charge in [-0.1, -0.05) is 54.6 Å². The summed E-state index contributed by atoms with van der Waals surface area (Å²) in [5.41, 5.74) is 4.56. The van der Waals surface area contributed by atoms with Crippen LogP contribution in [0.1, 0.15) is 30.4 Å². The molecule has 0 aliphatic heterocycles. The van der Waals surface area contributed by atoms with Crippen LogP contribution in [0.25, 0.3) is 11.0 Å². The summed E-state index contributed by atoms with van der Waals surface area (Å²) in [5, 5.41) is 11.0. The largest absolute Gasteiger partial charge is 0.258 e. The molecule has 1 unspecified atom stereocenters. The quantitative estimate of drug-likeness (QED) is 0.786. The lowest BCUT2D eigenvalue weighted by Gasteiger charge is -2.16. The fraction of sp³-hybridized carbons (Fsp3) is 0.200. The van der Waals surface area contributed by atoms with Crippen LogP contribution < -0.4 is 0 Å². The predicted molar refractivity (Wildman–Crippen MR) is 79.7 cm³/mol. The third-order valence-electron chi connectivity index (χ3n) is 3.37. The van der Waals surface area contributed by atoms with Crippen molar-refractivity contribution in [2.45, 2.75) is 19.3 Å². The second-order valence-corrected chi connectivity index (χ2v) is 4.43. The van der Waals surface area contributed by atoms with E-state index in [0.717, 1.165) is 17.5 Å². The molecule has 98 valence electrons. The van der Waals surface area contributed by atoms with E-state index in [4.69, 9.17) is 0 Å². The molecule has 0 saturated carbocycles. The predicted octanol–water partition coefficient (Wildman–Crippen LogP) is 3.92. The first-order chi connectivity index (χ1) is 8.90. The van der Waals surface area contributed by atoms with Gasteiger partial charge in [-0.2, -0.15) is 0 Å². The topological polar surface area (TPSA) is 41.6 Å². The van der Waals surface area contributed by atoms with Gasteiger partial charge in [-0.15, -0.1) is 17.5 Å². The number of benzene rings is 2. The van der Waals surface area contributed by atoms with Crippen LogP contribution in [0, 0.1) is 0 Å². The van der Waals surface area contributed by atoms with Crippen LogP contribution in [0.5, 0.6) is 0 Å². The van der Waals surface area contributed by atoms with Crippen molar-refractivity contribution < 1.29 is 0 Å². The Hall–Kier alpha value is -1.87. The summed E-state index contributed by atoms with van der Waals surface area (Å²) in [7, 11) is 0. The lowest BCUT2D eigenvalue weighted by molar-refractivity contribution is 0.781. The SMILES string of the molecule is CCC(c1ccccc1)c1cccc2[nH]nnc12.Cl. The molecule has 0 spiro atoms. The molecule has 0 aliphatic rings. The molecular formula is C15H16ClN3. The van der Waals surface area contributed by atoms with Gasteiger partial charge in [0, 0.05) is 5.92 Å². The van der Waals surface area contributed by atoms with Crippen LogP contribution in [0.3, 0.4) is 0 Å². The minimum Gasteiger partial charge on any atom is -0.258 e. The highest BCUT2D eigenvalue weighted by Gasteiger charge is 2.16. The molecule has 1 atom stereocenters. The first-order valence-electron chi connectivity index (χ1n) is 6.24. The zero-order valence-electron chi connectivity index (χ0n) is 10.7. The van der Waals surface area contributed by atoms with Gasteiger partial charge < -0.3 is 0 Å². The number of nitrogens with one attached hydrogen (secondary N) is 1. The molecule has 1 heterocycles. The second-order valence-electron chi connectivity index (χ2n) is 4.43. The van der Waals surface area contributed by atoms with E-state index in [-0.39, 0.29) is 12.4 Å². The highest BCUT2D eigenvalue weighted by molar-refractivity contribution is 5.85. The number of rotatable bonds is 3. The Morgan fingerprint density at radius 1 is 1.05 bits per heavy atom. The summed E-state index contributed by atoms with van der Waals surface area (Å²) in [6.45, 7) is 2.20. The summed E-state index contributed by atoms with van der Waals surface area (Å²) in [4.78, 5) is 0. The summed E-state index contributed by atoms with van der Waals surface area (Å²) >= 11 is 0. The van der Waals surface area contributed by atoms with E-state index >= 15 is 0 Å². The van der Waals surface area contributed by atoms with Crippen molar-refractivity contribution in [2.75, 3.05) is 0 Å². The van der Waals surface area contributed by atoms with E-state index in [9.17, 15) is 0 Å². The van der Waals surface area contributed by atoms with Crippen molar-refractivity contribution >= 4 is 23.4 Å². The first-order valence-corrected chi connectivity index (χ1v) is 6.24. The first kappa shape index (κ1) is 13.6. The van der Waals surface area contributed by atoms with Crippen molar-refractivity contribution in [1.82, 2.24) is 15.4 Å².